The van der Waals surface area contributed by atoms with Crippen LogP contribution in [-0.2, 0) is 9.59 Å². The van der Waals surface area contributed by atoms with Gasteiger partial charge in [-0.15, -0.1) is 0 Å². The van der Waals surface area contributed by atoms with Crippen molar-refractivity contribution in [2.45, 2.75) is 25.8 Å². The summed E-state index contributed by atoms with van der Waals surface area (Å²) in [6.07, 6.45) is 1.55. The molecule has 0 aromatic heterocycles. The van der Waals surface area contributed by atoms with Gasteiger partial charge in [-0.05, 0) is 19.4 Å². The van der Waals surface area contributed by atoms with Crippen molar-refractivity contribution in [3.05, 3.63) is 0 Å². The van der Waals surface area contributed by atoms with Crippen LogP contribution in [-0.4, -0.2) is 59.3 Å². The Morgan fingerprint density at radius 2 is 2.06 bits per heavy atom. The number of nitrogens with zero attached hydrogens (tertiary/aromatic N) is 1. The van der Waals surface area contributed by atoms with Gasteiger partial charge in [-0.3, -0.25) is 14.5 Å². The Balaban J connectivity index is 2.55. The van der Waals surface area contributed by atoms with E-state index in [0.29, 0.717) is 19.5 Å². The van der Waals surface area contributed by atoms with Crippen LogP contribution in [0.25, 0.3) is 0 Å². The maximum absolute atomic E-state index is 11.0. The van der Waals surface area contributed by atoms with Gasteiger partial charge in [0.15, 0.2) is 0 Å². The highest BCUT2D eigenvalue weighted by molar-refractivity contribution is 5.71. The fraction of sp³-hybridized carbons (Fsp3) is 0.818. The van der Waals surface area contributed by atoms with Gasteiger partial charge in [0.05, 0.1) is 12.5 Å². The summed E-state index contributed by atoms with van der Waals surface area (Å²) >= 11 is 0. The van der Waals surface area contributed by atoms with Gasteiger partial charge in [-0.2, -0.15) is 0 Å². The van der Waals surface area contributed by atoms with Gasteiger partial charge in [-0.1, -0.05) is 6.92 Å². The Kier molecular flexibility index (Phi) is 5.37. The smallest absolute Gasteiger partial charge is 0.317 e. The standard InChI is InChI=1S/C11H20N2O4/c1-2-3-12-9-4-8(11(16)17)5-13(6-9)7-10(14)15/h8-9,12H,2-7H2,1H3,(H,14,15)(H,16,17). The number of carbonyl (C=O) groups is 2. The SMILES string of the molecule is CCCNC1CC(C(=O)O)CN(CC(=O)O)C1. The molecule has 6 nitrogen and oxygen atoms in total. The van der Waals surface area contributed by atoms with E-state index in [1.807, 2.05) is 6.92 Å². The second-order valence-electron chi connectivity index (χ2n) is 4.51. The average molecular weight is 244 g/mol. The van der Waals surface area contributed by atoms with Crippen molar-refractivity contribution >= 4 is 11.9 Å². The molecule has 1 rings (SSSR count). The molecule has 98 valence electrons. The fourth-order valence-corrected chi connectivity index (χ4v) is 2.19. The first-order chi connectivity index (χ1) is 8.02. The van der Waals surface area contributed by atoms with Crippen molar-refractivity contribution in [2.75, 3.05) is 26.2 Å². The van der Waals surface area contributed by atoms with E-state index in [9.17, 15) is 9.59 Å². The van der Waals surface area contributed by atoms with Gasteiger partial charge in [-0.25, -0.2) is 0 Å². The van der Waals surface area contributed by atoms with Crippen molar-refractivity contribution in [1.29, 1.82) is 0 Å². The van der Waals surface area contributed by atoms with E-state index >= 15 is 0 Å². The third kappa shape index (κ3) is 4.70. The monoisotopic (exact) mass is 244 g/mol. The molecule has 1 aliphatic rings. The lowest BCUT2D eigenvalue weighted by Gasteiger charge is -2.35. The van der Waals surface area contributed by atoms with Crippen LogP contribution in [0.4, 0.5) is 0 Å². The fourth-order valence-electron chi connectivity index (χ4n) is 2.19. The van der Waals surface area contributed by atoms with Crippen LogP contribution in [0.2, 0.25) is 0 Å². The third-order valence-electron chi connectivity index (χ3n) is 2.92. The number of carboxylic acid groups (broad SMARTS) is 2. The Morgan fingerprint density at radius 3 is 2.59 bits per heavy atom. The Bertz CT molecular complexity index is 283. The lowest BCUT2D eigenvalue weighted by Crippen LogP contribution is -2.52. The van der Waals surface area contributed by atoms with Gasteiger partial charge in [0, 0.05) is 19.1 Å². The number of carboxylic acids is 2. The topological polar surface area (TPSA) is 89.9 Å². The van der Waals surface area contributed by atoms with E-state index in [-0.39, 0.29) is 12.6 Å². The minimum absolute atomic E-state index is 0.0733. The summed E-state index contributed by atoms with van der Waals surface area (Å²) in [7, 11) is 0. The van der Waals surface area contributed by atoms with Crippen LogP contribution in [0.1, 0.15) is 19.8 Å². The summed E-state index contributed by atoms with van der Waals surface area (Å²) < 4.78 is 0. The molecule has 1 heterocycles. The Labute approximate surface area is 101 Å². The van der Waals surface area contributed by atoms with E-state index in [2.05, 4.69) is 5.32 Å². The van der Waals surface area contributed by atoms with Gasteiger partial charge in [0.1, 0.15) is 0 Å². The molecule has 0 bridgehead atoms. The first-order valence-electron chi connectivity index (χ1n) is 5.93. The van der Waals surface area contributed by atoms with Crippen LogP contribution in [0.3, 0.4) is 0 Å². The van der Waals surface area contributed by atoms with E-state index < -0.39 is 17.9 Å². The molecular formula is C11H20N2O4. The highest BCUT2D eigenvalue weighted by atomic mass is 16.4. The minimum Gasteiger partial charge on any atom is -0.481 e. The van der Waals surface area contributed by atoms with Crippen molar-refractivity contribution < 1.29 is 19.8 Å². The number of nitrogens with one attached hydrogen (secondary N) is 1. The summed E-state index contributed by atoms with van der Waals surface area (Å²) in [5.74, 6) is -2.23. The molecule has 17 heavy (non-hydrogen) atoms. The van der Waals surface area contributed by atoms with Crippen molar-refractivity contribution in [1.82, 2.24) is 10.2 Å². The lowest BCUT2D eigenvalue weighted by molar-refractivity contribution is -0.146. The first-order valence-corrected chi connectivity index (χ1v) is 5.93. The molecule has 6 heteroatoms. The summed E-state index contributed by atoms with van der Waals surface area (Å²) in [5.41, 5.74) is 0. The number of likely N-dealkylation sites (tertiary alicyclic amines) is 1. The molecule has 0 aromatic rings. The van der Waals surface area contributed by atoms with Crippen LogP contribution in [0, 0.1) is 5.92 Å². The minimum atomic E-state index is -0.912. The van der Waals surface area contributed by atoms with E-state index in [1.54, 1.807) is 4.90 Å². The average Bonchev–Trinajstić information content (AvgIpc) is 2.25. The maximum Gasteiger partial charge on any atom is 0.317 e. The number of hydrogen-bond acceptors (Lipinski definition) is 4. The Morgan fingerprint density at radius 1 is 1.35 bits per heavy atom. The molecule has 1 aliphatic heterocycles. The highest BCUT2D eigenvalue weighted by Crippen LogP contribution is 2.17. The van der Waals surface area contributed by atoms with Crippen molar-refractivity contribution in [2.24, 2.45) is 5.92 Å². The molecule has 1 fully saturated rings. The van der Waals surface area contributed by atoms with Gasteiger partial charge < -0.3 is 15.5 Å². The number of hydrogen-bond donors (Lipinski definition) is 3. The molecule has 0 aromatic carbocycles. The summed E-state index contributed by atoms with van der Waals surface area (Å²) in [4.78, 5) is 23.4. The summed E-state index contributed by atoms with van der Waals surface area (Å²) in [5, 5.41) is 21.0. The zero-order valence-corrected chi connectivity index (χ0v) is 10.1. The molecule has 0 radical (unpaired) electrons. The lowest BCUT2D eigenvalue weighted by atomic mass is 9.94. The number of piperidine rings is 1. The van der Waals surface area contributed by atoms with Gasteiger partial charge >= 0.3 is 11.9 Å². The molecule has 1 saturated heterocycles. The maximum atomic E-state index is 11.0. The van der Waals surface area contributed by atoms with Crippen LogP contribution < -0.4 is 5.32 Å². The Hall–Kier alpha value is -1.14. The van der Waals surface area contributed by atoms with Crippen LogP contribution in [0.5, 0.6) is 0 Å². The molecule has 0 aliphatic carbocycles. The zero-order chi connectivity index (χ0) is 12.8. The van der Waals surface area contributed by atoms with E-state index in [1.165, 1.54) is 0 Å². The number of rotatable bonds is 6. The van der Waals surface area contributed by atoms with Crippen molar-refractivity contribution in [3.8, 4) is 0 Å². The summed E-state index contributed by atoms with van der Waals surface area (Å²) in [6.45, 7) is 3.72. The largest absolute Gasteiger partial charge is 0.481 e. The molecule has 2 unspecified atom stereocenters. The molecule has 0 amide bonds. The number of aliphatic carboxylic acids is 2. The predicted molar refractivity (Wildman–Crippen MR) is 61.9 cm³/mol. The van der Waals surface area contributed by atoms with E-state index in [0.717, 1.165) is 13.0 Å². The molecule has 0 saturated carbocycles. The van der Waals surface area contributed by atoms with Gasteiger partial charge in [0.2, 0.25) is 0 Å². The van der Waals surface area contributed by atoms with Crippen molar-refractivity contribution in [3.63, 3.8) is 0 Å². The molecule has 0 spiro atoms. The summed E-state index contributed by atoms with van der Waals surface area (Å²) in [6, 6.07) is 0.0733. The second-order valence-corrected chi connectivity index (χ2v) is 4.51. The first kappa shape index (κ1) is 13.9. The van der Waals surface area contributed by atoms with Gasteiger partial charge in [0.25, 0.3) is 0 Å². The van der Waals surface area contributed by atoms with Crippen LogP contribution in [0.15, 0.2) is 0 Å². The van der Waals surface area contributed by atoms with E-state index in [4.69, 9.17) is 10.2 Å². The molecular weight excluding hydrogens is 224 g/mol. The zero-order valence-electron chi connectivity index (χ0n) is 10.1. The predicted octanol–water partition coefficient (Wildman–Crippen LogP) is -0.154. The normalized spacial score (nSPS) is 25.7. The quantitative estimate of drug-likeness (QED) is 0.602. The third-order valence-corrected chi connectivity index (χ3v) is 2.92. The van der Waals surface area contributed by atoms with Crippen LogP contribution >= 0.6 is 0 Å². The molecule has 2 atom stereocenters. The molecule has 3 N–H and O–H groups in total. The second kappa shape index (κ2) is 6.56. The highest BCUT2D eigenvalue weighted by Gasteiger charge is 2.31.